The molecule has 0 saturated heterocycles. The molecule has 1 aromatic carbocycles. The lowest BCUT2D eigenvalue weighted by molar-refractivity contribution is 0.367. The molecule has 0 amide bonds. The van der Waals surface area contributed by atoms with Gasteiger partial charge in [0.2, 0.25) is 5.95 Å². The third kappa shape index (κ3) is 3.14. The second kappa shape index (κ2) is 5.59. The van der Waals surface area contributed by atoms with E-state index in [1.54, 1.807) is 0 Å². The molecule has 0 aliphatic heterocycles. The molecule has 0 aliphatic rings. The summed E-state index contributed by atoms with van der Waals surface area (Å²) in [5, 5.41) is 4.31. The normalized spacial score (nSPS) is 11.0. The number of aromatic nitrogens is 2. The Bertz CT molecular complexity index is 484. The Hall–Kier alpha value is -1.68. The molecule has 0 bridgehead atoms. The molecule has 2 rings (SSSR count). The molecule has 4 heteroatoms. The van der Waals surface area contributed by atoms with Crippen LogP contribution in [0.15, 0.2) is 30.5 Å². The number of fused-ring (bicyclic) bond motifs is 1. The number of hydrogen-bond acceptors (Lipinski definition) is 4. The second-order valence-electron chi connectivity index (χ2n) is 4.08. The van der Waals surface area contributed by atoms with Crippen LogP contribution in [0.3, 0.4) is 0 Å². The summed E-state index contributed by atoms with van der Waals surface area (Å²) in [5.41, 5.74) is 0.980. The average molecular weight is 230 g/mol. The molecular weight excluding hydrogens is 212 g/mol. The lowest BCUT2D eigenvalue weighted by atomic mass is 10.2. The lowest BCUT2D eigenvalue weighted by Gasteiger charge is -2.13. The van der Waals surface area contributed by atoms with E-state index in [0.717, 1.165) is 30.5 Å². The van der Waals surface area contributed by atoms with Gasteiger partial charge in [-0.1, -0.05) is 25.1 Å². The zero-order valence-corrected chi connectivity index (χ0v) is 10.3. The highest BCUT2D eigenvalue weighted by Crippen LogP contribution is 2.11. The Balaban J connectivity index is 1.99. The number of rotatable bonds is 5. The fourth-order valence-corrected chi connectivity index (χ4v) is 1.57. The van der Waals surface area contributed by atoms with E-state index in [2.05, 4.69) is 34.2 Å². The first kappa shape index (κ1) is 11.8. The molecule has 2 aromatic rings. The molecule has 0 aliphatic carbocycles. The van der Waals surface area contributed by atoms with Crippen molar-refractivity contribution in [2.45, 2.75) is 6.92 Å². The molecule has 4 nitrogen and oxygen atoms in total. The molecule has 0 saturated carbocycles. The van der Waals surface area contributed by atoms with E-state index >= 15 is 0 Å². The molecule has 1 aromatic heterocycles. The van der Waals surface area contributed by atoms with Crippen molar-refractivity contribution in [3.05, 3.63) is 30.5 Å². The molecule has 0 spiro atoms. The summed E-state index contributed by atoms with van der Waals surface area (Å²) in [4.78, 5) is 11.0. The molecule has 90 valence electrons. The van der Waals surface area contributed by atoms with Crippen LogP contribution in [0.1, 0.15) is 6.92 Å². The standard InChI is InChI=1S/C13H18N4/c1-3-17(2)9-8-14-13-15-10-11-6-4-5-7-12(11)16-13/h4-7,10H,3,8-9H2,1-2H3,(H,14,15,16). The fourth-order valence-electron chi connectivity index (χ4n) is 1.57. The smallest absolute Gasteiger partial charge is 0.223 e. The van der Waals surface area contributed by atoms with Crippen molar-refractivity contribution in [3.8, 4) is 0 Å². The van der Waals surface area contributed by atoms with Gasteiger partial charge < -0.3 is 10.2 Å². The minimum Gasteiger partial charge on any atom is -0.353 e. The summed E-state index contributed by atoms with van der Waals surface area (Å²) >= 11 is 0. The van der Waals surface area contributed by atoms with Crippen LogP contribution in [0.25, 0.3) is 10.9 Å². The molecule has 1 heterocycles. The van der Waals surface area contributed by atoms with Crippen molar-refractivity contribution in [2.24, 2.45) is 0 Å². The van der Waals surface area contributed by atoms with Crippen molar-refractivity contribution in [3.63, 3.8) is 0 Å². The summed E-state index contributed by atoms with van der Waals surface area (Å²) in [6.07, 6.45) is 1.86. The molecule has 0 fully saturated rings. The van der Waals surface area contributed by atoms with Crippen molar-refractivity contribution in [1.29, 1.82) is 0 Å². The van der Waals surface area contributed by atoms with Crippen LogP contribution in [-0.4, -0.2) is 41.5 Å². The van der Waals surface area contributed by atoms with E-state index in [-0.39, 0.29) is 0 Å². The molecule has 0 unspecified atom stereocenters. The molecule has 0 radical (unpaired) electrons. The van der Waals surface area contributed by atoms with E-state index in [0.29, 0.717) is 5.95 Å². The first-order valence-electron chi connectivity index (χ1n) is 5.94. The third-order valence-electron chi connectivity index (χ3n) is 2.81. The van der Waals surface area contributed by atoms with Gasteiger partial charge in [-0.05, 0) is 19.7 Å². The van der Waals surface area contributed by atoms with E-state index in [9.17, 15) is 0 Å². The topological polar surface area (TPSA) is 41.0 Å². The number of likely N-dealkylation sites (N-methyl/N-ethyl adjacent to an activating group) is 1. The molecule has 0 atom stereocenters. The van der Waals surface area contributed by atoms with Gasteiger partial charge in [0.05, 0.1) is 5.52 Å². The summed E-state index contributed by atoms with van der Waals surface area (Å²) in [7, 11) is 2.10. The SMILES string of the molecule is CCN(C)CCNc1ncc2ccccc2n1. The lowest BCUT2D eigenvalue weighted by Crippen LogP contribution is -2.25. The van der Waals surface area contributed by atoms with Crippen LogP contribution in [0.2, 0.25) is 0 Å². The first-order chi connectivity index (χ1) is 8.29. The Morgan fingerprint density at radius 2 is 2.12 bits per heavy atom. The van der Waals surface area contributed by atoms with Crippen molar-refractivity contribution in [2.75, 3.05) is 32.0 Å². The molecular formula is C13H18N4. The van der Waals surface area contributed by atoms with Gasteiger partial charge in [-0.2, -0.15) is 0 Å². The van der Waals surface area contributed by atoms with Gasteiger partial charge in [-0.15, -0.1) is 0 Å². The number of benzene rings is 1. The number of hydrogen-bond donors (Lipinski definition) is 1. The van der Waals surface area contributed by atoms with Gasteiger partial charge in [-0.25, -0.2) is 9.97 Å². The molecule has 17 heavy (non-hydrogen) atoms. The van der Waals surface area contributed by atoms with Gasteiger partial charge in [0.1, 0.15) is 0 Å². The predicted octanol–water partition coefficient (Wildman–Crippen LogP) is 1.99. The maximum Gasteiger partial charge on any atom is 0.223 e. The number of anilines is 1. The second-order valence-corrected chi connectivity index (χ2v) is 4.08. The average Bonchev–Trinajstić information content (AvgIpc) is 2.38. The van der Waals surface area contributed by atoms with E-state index < -0.39 is 0 Å². The van der Waals surface area contributed by atoms with Crippen LogP contribution in [0, 0.1) is 0 Å². The zero-order chi connectivity index (χ0) is 12.1. The van der Waals surface area contributed by atoms with Gasteiger partial charge in [-0.3, -0.25) is 0 Å². The maximum atomic E-state index is 4.46. The van der Waals surface area contributed by atoms with Gasteiger partial charge in [0, 0.05) is 24.7 Å². The van der Waals surface area contributed by atoms with E-state index in [1.165, 1.54) is 0 Å². The predicted molar refractivity (Wildman–Crippen MR) is 71.2 cm³/mol. The zero-order valence-electron chi connectivity index (χ0n) is 10.3. The number of nitrogens with zero attached hydrogens (tertiary/aromatic N) is 3. The first-order valence-corrected chi connectivity index (χ1v) is 5.94. The quantitative estimate of drug-likeness (QED) is 0.853. The summed E-state index contributed by atoms with van der Waals surface area (Å²) in [5.74, 6) is 0.702. The monoisotopic (exact) mass is 230 g/mol. The Morgan fingerprint density at radius 3 is 2.94 bits per heavy atom. The Morgan fingerprint density at radius 1 is 1.29 bits per heavy atom. The molecule has 1 N–H and O–H groups in total. The van der Waals surface area contributed by atoms with Crippen LogP contribution in [0.4, 0.5) is 5.95 Å². The Labute approximate surface area is 102 Å². The highest BCUT2D eigenvalue weighted by Gasteiger charge is 1.99. The summed E-state index contributed by atoms with van der Waals surface area (Å²) < 4.78 is 0. The van der Waals surface area contributed by atoms with E-state index in [1.807, 2.05) is 30.5 Å². The third-order valence-corrected chi connectivity index (χ3v) is 2.81. The Kier molecular flexibility index (Phi) is 3.88. The van der Waals surface area contributed by atoms with Crippen molar-refractivity contribution < 1.29 is 0 Å². The highest BCUT2D eigenvalue weighted by molar-refractivity contribution is 5.78. The summed E-state index contributed by atoms with van der Waals surface area (Å²) in [6.45, 7) is 5.06. The summed E-state index contributed by atoms with van der Waals surface area (Å²) in [6, 6.07) is 8.00. The fraction of sp³-hybridized carbons (Fsp3) is 0.385. The van der Waals surface area contributed by atoms with Crippen LogP contribution < -0.4 is 5.32 Å². The minimum atomic E-state index is 0.702. The van der Waals surface area contributed by atoms with E-state index in [4.69, 9.17) is 0 Å². The van der Waals surface area contributed by atoms with Gasteiger partial charge >= 0.3 is 0 Å². The highest BCUT2D eigenvalue weighted by atomic mass is 15.1. The number of nitrogens with one attached hydrogen (secondary N) is 1. The maximum absolute atomic E-state index is 4.46. The van der Waals surface area contributed by atoms with Crippen LogP contribution >= 0.6 is 0 Å². The van der Waals surface area contributed by atoms with Crippen molar-refractivity contribution >= 4 is 16.9 Å². The van der Waals surface area contributed by atoms with Gasteiger partial charge in [0.15, 0.2) is 0 Å². The van der Waals surface area contributed by atoms with Crippen molar-refractivity contribution in [1.82, 2.24) is 14.9 Å². The minimum absolute atomic E-state index is 0.702. The van der Waals surface area contributed by atoms with Crippen LogP contribution in [0.5, 0.6) is 0 Å². The van der Waals surface area contributed by atoms with Crippen LogP contribution in [-0.2, 0) is 0 Å². The van der Waals surface area contributed by atoms with Gasteiger partial charge in [0.25, 0.3) is 0 Å². The largest absolute Gasteiger partial charge is 0.353 e. The number of para-hydroxylation sites is 1.